The van der Waals surface area contributed by atoms with Gasteiger partial charge in [-0.3, -0.25) is 9.59 Å². The van der Waals surface area contributed by atoms with E-state index in [1.54, 1.807) is 11.8 Å². The number of nitrogens with one attached hydrogen (secondary N) is 1. The quantitative estimate of drug-likeness (QED) is 0.877. The van der Waals surface area contributed by atoms with Gasteiger partial charge >= 0.3 is 0 Å². The molecule has 1 unspecified atom stereocenters. The first-order valence-electron chi connectivity index (χ1n) is 8.57. The van der Waals surface area contributed by atoms with E-state index < -0.39 is 6.04 Å². The molecule has 0 radical (unpaired) electrons. The van der Waals surface area contributed by atoms with Crippen LogP contribution in [0.5, 0.6) is 0 Å². The summed E-state index contributed by atoms with van der Waals surface area (Å²) in [6.07, 6.45) is 3.75. The number of amides is 1. The molecule has 0 aromatic carbocycles. The van der Waals surface area contributed by atoms with Crippen LogP contribution in [0.4, 0.5) is 0 Å². The van der Waals surface area contributed by atoms with Crippen LogP contribution < -0.4 is 5.56 Å². The zero-order valence-corrected chi connectivity index (χ0v) is 14.1. The maximum absolute atomic E-state index is 13.1. The molecule has 2 aliphatic rings. The SMILES string of the molecule is Cc1nc(C2COCCN2C(=O)c2noc3c2CCCC3)cc(=O)[nH]1. The number of hydrogen-bond acceptors (Lipinski definition) is 6. The highest BCUT2D eigenvalue weighted by Crippen LogP contribution is 2.29. The summed E-state index contributed by atoms with van der Waals surface area (Å²) in [5.74, 6) is 1.16. The predicted octanol–water partition coefficient (Wildman–Crippen LogP) is 1.16. The highest BCUT2D eigenvalue weighted by atomic mass is 16.5. The summed E-state index contributed by atoms with van der Waals surface area (Å²) >= 11 is 0. The van der Waals surface area contributed by atoms with Crippen molar-refractivity contribution in [3.05, 3.63) is 45.0 Å². The monoisotopic (exact) mass is 344 g/mol. The fourth-order valence-electron chi connectivity index (χ4n) is 3.55. The first-order chi connectivity index (χ1) is 12.1. The van der Waals surface area contributed by atoms with E-state index in [-0.39, 0.29) is 11.5 Å². The van der Waals surface area contributed by atoms with Crippen molar-refractivity contribution in [2.45, 2.75) is 38.6 Å². The molecule has 1 amide bonds. The Labute approximate surface area is 144 Å². The Kier molecular flexibility index (Phi) is 4.12. The van der Waals surface area contributed by atoms with E-state index in [2.05, 4.69) is 15.1 Å². The van der Waals surface area contributed by atoms with Gasteiger partial charge in [-0.25, -0.2) is 4.98 Å². The molecule has 0 saturated carbocycles. The largest absolute Gasteiger partial charge is 0.377 e. The number of carbonyl (C=O) groups excluding carboxylic acids is 1. The number of fused-ring (bicyclic) bond motifs is 1. The summed E-state index contributed by atoms with van der Waals surface area (Å²) < 4.78 is 10.9. The molecule has 1 saturated heterocycles. The second-order valence-electron chi connectivity index (χ2n) is 6.48. The van der Waals surface area contributed by atoms with Crippen molar-refractivity contribution in [3.8, 4) is 0 Å². The van der Waals surface area contributed by atoms with Crippen molar-refractivity contribution in [3.63, 3.8) is 0 Å². The normalized spacial score (nSPS) is 20.4. The Bertz CT molecular complexity index is 857. The van der Waals surface area contributed by atoms with Gasteiger partial charge in [-0.1, -0.05) is 5.16 Å². The molecule has 3 heterocycles. The maximum Gasteiger partial charge on any atom is 0.277 e. The first kappa shape index (κ1) is 16.0. The van der Waals surface area contributed by atoms with Crippen LogP contribution in [0.25, 0.3) is 0 Å². The molecule has 25 heavy (non-hydrogen) atoms. The van der Waals surface area contributed by atoms with Gasteiger partial charge in [-0.15, -0.1) is 0 Å². The summed E-state index contributed by atoms with van der Waals surface area (Å²) in [7, 11) is 0. The average molecular weight is 344 g/mol. The number of aryl methyl sites for hydroxylation is 2. The minimum atomic E-state index is -0.404. The number of carbonyl (C=O) groups is 1. The molecule has 2 aromatic rings. The molecule has 1 aliphatic carbocycles. The molecule has 8 nitrogen and oxygen atoms in total. The van der Waals surface area contributed by atoms with Gasteiger partial charge in [0, 0.05) is 24.6 Å². The standard InChI is InChI=1S/C17H20N4O4/c1-10-18-12(8-15(22)19-10)13-9-24-7-6-21(13)17(23)16-11-4-2-3-5-14(11)25-20-16/h8,13H,2-7,9H2,1H3,(H,18,19,22). The molecule has 4 rings (SSSR count). The highest BCUT2D eigenvalue weighted by Gasteiger charge is 2.34. The summed E-state index contributed by atoms with van der Waals surface area (Å²) in [6, 6.07) is 1.02. The molecule has 2 aromatic heterocycles. The lowest BCUT2D eigenvalue weighted by atomic mass is 9.96. The molecule has 1 aliphatic heterocycles. The Balaban J connectivity index is 1.68. The van der Waals surface area contributed by atoms with Gasteiger partial charge in [0.1, 0.15) is 11.6 Å². The van der Waals surface area contributed by atoms with Gasteiger partial charge in [0.2, 0.25) is 0 Å². The summed E-state index contributed by atoms with van der Waals surface area (Å²) in [6.45, 7) is 2.90. The number of hydrogen-bond donors (Lipinski definition) is 1. The number of aromatic nitrogens is 3. The van der Waals surface area contributed by atoms with Crippen LogP contribution in [0.3, 0.4) is 0 Å². The van der Waals surface area contributed by atoms with Crippen molar-refractivity contribution < 1.29 is 14.1 Å². The minimum absolute atomic E-state index is 0.181. The fourth-order valence-corrected chi connectivity index (χ4v) is 3.55. The van der Waals surface area contributed by atoms with Crippen molar-refractivity contribution in [1.29, 1.82) is 0 Å². The van der Waals surface area contributed by atoms with Gasteiger partial charge in [0.15, 0.2) is 5.69 Å². The molecular formula is C17H20N4O4. The van der Waals surface area contributed by atoms with E-state index in [1.807, 2.05) is 0 Å². The van der Waals surface area contributed by atoms with Crippen LogP contribution in [0.1, 0.15) is 52.2 Å². The number of nitrogens with zero attached hydrogens (tertiary/aromatic N) is 3. The van der Waals surface area contributed by atoms with Crippen LogP contribution in [0.15, 0.2) is 15.4 Å². The van der Waals surface area contributed by atoms with Crippen molar-refractivity contribution in [2.24, 2.45) is 0 Å². The Morgan fingerprint density at radius 1 is 1.36 bits per heavy atom. The van der Waals surface area contributed by atoms with E-state index in [1.165, 1.54) is 6.07 Å². The van der Waals surface area contributed by atoms with E-state index in [0.29, 0.717) is 37.0 Å². The van der Waals surface area contributed by atoms with Crippen LogP contribution in [0, 0.1) is 6.92 Å². The third-order valence-corrected chi connectivity index (χ3v) is 4.76. The molecule has 0 bridgehead atoms. The average Bonchev–Trinajstić information content (AvgIpc) is 3.04. The van der Waals surface area contributed by atoms with Gasteiger partial charge in [-0.2, -0.15) is 0 Å². The van der Waals surface area contributed by atoms with E-state index in [0.717, 1.165) is 37.0 Å². The molecule has 1 N–H and O–H groups in total. The minimum Gasteiger partial charge on any atom is -0.377 e. The summed E-state index contributed by atoms with van der Waals surface area (Å²) in [5.41, 5.74) is 1.62. The first-order valence-corrected chi connectivity index (χ1v) is 8.57. The molecule has 1 fully saturated rings. The van der Waals surface area contributed by atoms with Crippen LogP contribution in [0.2, 0.25) is 0 Å². The van der Waals surface area contributed by atoms with Gasteiger partial charge in [0.05, 0.1) is 24.9 Å². The molecular weight excluding hydrogens is 324 g/mol. The molecule has 0 spiro atoms. The number of H-pyrrole nitrogens is 1. The van der Waals surface area contributed by atoms with E-state index >= 15 is 0 Å². The van der Waals surface area contributed by atoms with Crippen LogP contribution in [-0.4, -0.2) is 45.7 Å². The van der Waals surface area contributed by atoms with Crippen LogP contribution in [-0.2, 0) is 17.6 Å². The molecule has 132 valence electrons. The number of ether oxygens (including phenoxy) is 1. The van der Waals surface area contributed by atoms with E-state index in [4.69, 9.17) is 9.26 Å². The van der Waals surface area contributed by atoms with Crippen molar-refractivity contribution in [1.82, 2.24) is 20.0 Å². The Morgan fingerprint density at radius 3 is 3.04 bits per heavy atom. The second-order valence-corrected chi connectivity index (χ2v) is 6.48. The highest BCUT2D eigenvalue weighted by molar-refractivity contribution is 5.94. The lowest BCUT2D eigenvalue weighted by Crippen LogP contribution is -2.44. The summed E-state index contributed by atoms with van der Waals surface area (Å²) in [5, 5.41) is 4.04. The van der Waals surface area contributed by atoms with E-state index in [9.17, 15) is 9.59 Å². The van der Waals surface area contributed by atoms with Gasteiger partial charge < -0.3 is 19.1 Å². The third-order valence-electron chi connectivity index (χ3n) is 4.76. The lowest BCUT2D eigenvalue weighted by Gasteiger charge is -2.34. The number of morpholine rings is 1. The van der Waals surface area contributed by atoms with Crippen molar-refractivity contribution in [2.75, 3.05) is 19.8 Å². The zero-order valence-electron chi connectivity index (χ0n) is 14.1. The molecule has 1 atom stereocenters. The Hall–Kier alpha value is -2.48. The topological polar surface area (TPSA) is 101 Å². The van der Waals surface area contributed by atoms with Crippen LogP contribution >= 0.6 is 0 Å². The second kappa shape index (κ2) is 6.44. The van der Waals surface area contributed by atoms with Gasteiger partial charge in [-0.05, 0) is 26.2 Å². The smallest absolute Gasteiger partial charge is 0.277 e. The summed E-state index contributed by atoms with van der Waals surface area (Å²) in [4.78, 5) is 33.6. The molecule has 8 heteroatoms. The maximum atomic E-state index is 13.1. The van der Waals surface area contributed by atoms with Gasteiger partial charge in [0.25, 0.3) is 11.5 Å². The number of rotatable bonds is 2. The number of aromatic amines is 1. The lowest BCUT2D eigenvalue weighted by molar-refractivity contribution is -0.00456. The Morgan fingerprint density at radius 2 is 2.20 bits per heavy atom. The van der Waals surface area contributed by atoms with Crippen molar-refractivity contribution >= 4 is 5.91 Å². The fraction of sp³-hybridized carbons (Fsp3) is 0.529. The zero-order chi connectivity index (χ0) is 17.4. The third kappa shape index (κ3) is 2.97. The predicted molar refractivity (Wildman–Crippen MR) is 87.3 cm³/mol.